The van der Waals surface area contributed by atoms with E-state index in [1.54, 1.807) is 4.57 Å². The summed E-state index contributed by atoms with van der Waals surface area (Å²) in [4.78, 5) is 26.2. The van der Waals surface area contributed by atoms with Gasteiger partial charge in [-0.05, 0) is 24.8 Å². The van der Waals surface area contributed by atoms with Crippen molar-refractivity contribution in [2.75, 3.05) is 44.8 Å². The van der Waals surface area contributed by atoms with Crippen LogP contribution < -0.4 is 4.74 Å². The lowest BCUT2D eigenvalue weighted by Gasteiger charge is -2.24. The number of nitro benzene ring substituents is 1. The number of carbonyl (C=O) groups excluding carboxylic acids is 1. The summed E-state index contributed by atoms with van der Waals surface area (Å²) in [7, 11) is 0.568. The van der Waals surface area contributed by atoms with Crippen LogP contribution in [0.3, 0.4) is 0 Å². The number of nitrogens with zero attached hydrogens (tertiary/aromatic N) is 3. The van der Waals surface area contributed by atoms with Gasteiger partial charge in [-0.1, -0.05) is 13.8 Å². The number of aromatic nitrogens is 2. The Morgan fingerprint density at radius 1 is 1.29 bits per heavy atom. The number of non-ortho nitro benzene ring substituents is 1. The van der Waals surface area contributed by atoms with E-state index in [1.807, 2.05) is 13.8 Å². The monoisotopic (exact) mass is 415 g/mol. The summed E-state index contributed by atoms with van der Waals surface area (Å²) in [6.07, 6.45) is 6.58. The molecule has 0 amide bonds. The van der Waals surface area contributed by atoms with Crippen LogP contribution in [0.5, 0.6) is 6.01 Å². The van der Waals surface area contributed by atoms with Crippen molar-refractivity contribution in [1.82, 2.24) is 9.55 Å². The first-order chi connectivity index (χ1) is 13.2. The number of fused-ring (bicyclic) bond motifs is 1. The Morgan fingerprint density at radius 2 is 1.96 bits per heavy atom. The average molecular weight is 416 g/mol. The van der Waals surface area contributed by atoms with Crippen molar-refractivity contribution >= 4 is 32.7 Å². The van der Waals surface area contributed by atoms with Crippen molar-refractivity contribution in [1.29, 1.82) is 0 Å². The number of benzene rings is 1. The van der Waals surface area contributed by atoms with Crippen molar-refractivity contribution in [3.8, 4) is 6.01 Å². The lowest BCUT2D eigenvalue weighted by molar-refractivity contribution is -0.384. The second kappa shape index (κ2) is 10.9. The SMILES string of the molecule is CC.COC(=O)COc1nc2ccc([N+](=O)[O-])cc2n1COCCS(C)(C)C. The van der Waals surface area contributed by atoms with Crippen LogP contribution in [-0.2, 0) is 21.0 Å². The van der Waals surface area contributed by atoms with E-state index in [2.05, 4.69) is 28.5 Å². The van der Waals surface area contributed by atoms with E-state index < -0.39 is 20.9 Å². The van der Waals surface area contributed by atoms with Crippen molar-refractivity contribution < 1.29 is 23.9 Å². The molecule has 1 aromatic heterocycles. The third-order valence-electron chi connectivity index (χ3n) is 3.51. The minimum absolute atomic E-state index is 0.0581. The van der Waals surface area contributed by atoms with Crippen molar-refractivity contribution in [3.63, 3.8) is 0 Å². The Bertz CT molecular complexity index is 800. The molecule has 0 spiro atoms. The number of hydrogen-bond acceptors (Lipinski definition) is 7. The molecule has 0 aliphatic carbocycles. The predicted octanol–water partition coefficient (Wildman–Crippen LogP) is 3.19. The van der Waals surface area contributed by atoms with Crippen molar-refractivity contribution in [2.45, 2.75) is 20.6 Å². The minimum Gasteiger partial charge on any atom is -0.466 e. The van der Waals surface area contributed by atoms with Gasteiger partial charge in [0.2, 0.25) is 0 Å². The quantitative estimate of drug-likeness (QED) is 0.268. The smallest absolute Gasteiger partial charge is 0.344 e. The first-order valence-electron chi connectivity index (χ1n) is 8.79. The average Bonchev–Trinajstić information content (AvgIpc) is 3.00. The fourth-order valence-corrected chi connectivity index (χ4v) is 2.70. The summed E-state index contributed by atoms with van der Waals surface area (Å²) in [5.74, 6) is 0.379. The molecule has 158 valence electrons. The summed E-state index contributed by atoms with van der Waals surface area (Å²) < 4.78 is 17.2. The maximum Gasteiger partial charge on any atom is 0.344 e. The molecule has 0 bridgehead atoms. The van der Waals surface area contributed by atoms with E-state index in [9.17, 15) is 14.9 Å². The van der Waals surface area contributed by atoms with Gasteiger partial charge in [-0.2, -0.15) is 4.98 Å². The Labute approximate surface area is 166 Å². The molecule has 0 unspecified atom stereocenters. The van der Waals surface area contributed by atoms with Gasteiger partial charge in [0.25, 0.3) is 11.7 Å². The van der Waals surface area contributed by atoms with Gasteiger partial charge in [-0.3, -0.25) is 14.7 Å². The van der Waals surface area contributed by atoms with Crippen LogP contribution in [0.2, 0.25) is 0 Å². The molecule has 10 heteroatoms. The summed E-state index contributed by atoms with van der Waals surface area (Å²) in [5, 5.41) is 11.0. The minimum atomic E-state index is -0.692. The summed E-state index contributed by atoms with van der Waals surface area (Å²) in [6.45, 7) is 4.35. The number of imidazole rings is 1. The Kier molecular flexibility index (Phi) is 9.20. The highest BCUT2D eigenvalue weighted by atomic mass is 32.3. The van der Waals surface area contributed by atoms with E-state index in [-0.39, 0.29) is 25.0 Å². The Hall–Kier alpha value is -2.33. The van der Waals surface area contributed by atoms with Gasteiger partial charge in [0.1, 0.15) is 6.73 Å². The molecule has 2 rings (SSSR count). The van der Waals surface area contributed by atoms with Gasteiger partial charge in [0.15, 0.2) is 6.61 Å². The van der Waals surface area contributed by atoms with Crippen LogP contribution in [0.25, 0.3) is 11.0 Å². The predicted molar refractivity (Wildman–Crippen MR) is 111 cm³/mol. The number of carbonyl (C=O) groups is 1. The molecule has 0 saturated carbocycles. The maximum absolute atomic E-state index is 11.3. The molecule has 0 fully saturated rings. The number of esters is 1. The van der Waals surface area contributed by atoms with Crippen LogP contribution in [0.1, 0.15) is 13.8 Å². The van der Waals surface area contributed by atoms with E-state index >= 15 is 0 Å². The van der Waals surface area contributed by atoms with Crippen molar-refractivity contribution in [3.05, 3.63) is 28.3 Å². The van der Waals surface area contributed by atoms with Crippen molar-refractivity contribution in [2.24, 2.45) is 0 Å². The third kappa shape index (κ3) is 7.01. The first kappa shape index (κ1) is 23.7. The van der Waals surface area contributed by atoms with Crippen LogP contribution in [0.4, 0.5) is 5.69 Å². The third-order valence-corrected chi connectivity index (χ3v) is 4.91. The highest BCUT2D eigenvalue weighted by Gasteiger charge is 2.17. The zero-order valence-electron chi connectivity index (χ0n) is 17.3. The van der Waals surface area contributed by atoms with Gasteiger partial charge >= 0.3 is 5.97 Å². The topological polar surface area (TPSA) is 106 Å². The number of hydrogen-bond donors (Lipinski definition) is 0. The molecular formula is C18H29N3O6S. The zero-order chi connectivity index (χ0) is 21.3. The molecule has 2 aromatic rings. The molecule has 9 nitrogen and oxygen atoms in total. The van der Waals surface area contributed by atoms with Crippen LogP contribution in [-0.4, -0.2) is 65.3 Å². The van der Waals surface area contributed by atoms with E-state index in [0.29, 0.717) is 17.6 Å². The summed E-state index contributed by atoms with van der Waals surface area (Å²) in [6, 6.07) is 4.46. The fourth-order valence-electron chi connectivity index (χ4n) is 2.08. The first-order valence-corrected chi connectivity index (χ1v) is 11.8. The van der Waals surface area contributed by atoms with Gasteiger partial charge in [0, 0.05) is 17.9 Å². The van der Waals surface area contributed by atoms with E-state index in [4.69, 9.17) is 9.47 Å². The molecule has 0 aliphatic rings. The highest BCUT2D eigenvalue weighted by Crippen LogP contribution is 2.33. The fraction of sp³-hybridized carbons (Fsp3) is 0.556. The van der Waals surface area contributed by atoms with Crippen LogP contribution in [0, 0.1) is 10.1 Å². The van der Waals surface area contributed by atoms with Crippen LogP contribution >= 0.6 is 10.0 Å². The molecule has 0 aliphatic heterocycles. The number of methoxy groups -OCH3 is 1. The van der Waals surface area contributed by atoms with E-state index in [1.165, 1.54) is 25.3 Å². The second-order valence-electron chi connectivity index (χ2n) is 6.45. The Morgan fingerprint density at radius 3 is 2.54 bits per heavy atom. The zero-order valence-corrected chi connectivity index (χ0v) is 18.1. The van der Waals surface area contributed by atoms with E-state index in [0.717, 1.165) is 5.75 Å². The lowest BCUT2D eigenvalue weighted by atomic mass is 10.3. The number of nitro groups is 1. The normalized spacial score (nSPS) is 11.5. The maximum atomic E-state index is 11.3. The van der Waals surface area contributed by atoms with Gasteiger partial charge in [-0.25, -0.2) is 14.8 Å². The molecule has 0 radical (unpaired) electrons. The second-order valence-corrected chi connectivity index (χ2v) is 11.0. The lowest BCUT2D eigenvalue weighted by Crippen LogP contribution is -2.16. The molecule has 1 aromatic carbocycles. The molecular weight excluding hydrogens is 386 g/mol. The molecule has 0 N–H and O–H groups in total. The van der Waals surface area contributed by atoms with Gasteiger partial charge < -0.3 is 14.2 Å². The highest BCUT2D eigenvalue weighted by molar-refractivity contribution is 8.32. The van der Waals surface area contributed by atoms with Gasteiger partial charge in [0.05, 0.1) is 29.7 Å². The number of rotatable bonds is 9. The summed E-state index contributed by atoms with van der Waals surface area (Å²) >= 11 is 0. The Balaban J connectivity index is 0.00000190. The van der Waals surface area contributed by atoms with Crippen LogP contribution in [0.15, 0.2) is 18.2 Å². The molecule has 0 atom stereocenters. The largest absolute Gasteiger partial charge is 0.466 e. The van der Waals surface area contributed by atoms with Gasteiger partial charge in [-0.15, -0.1) is 0 Å². The summed E-state index contributed by atoms with van der Waals surface area (Å²) in [5.41, 5.74) is 0.958. The molecule has 0 saturated heterocycles. The molecule has 1 heterocycles. The standard InChI is InChI=1S/C16H23N3O6S.C2H6/c1-23-15(20)10-25-16-17-13-6-5-12(19(21)22)9-14(13)18(16)11-24-7-8-26(2,3)4;1-2/h5-6,9H,7-8,10-11H2,1-4H3;1-2H3. The molecule has 28 heavy (non-hydrogen) atoms. The number of ether oxygens (including phenoxy) is 3.